The highest BCUT2D eigenvalue weighted by atomic mass is 16.2. The number of fused-ring (bicyclic) bond motifs is 1. The highest BCUT2D eigenvalue weighted by Crippen LogP contribution is 2.26. The lowest BCUT2D eigenvalue weighted by atomic mass is 10.0. The summed E-state index contributed by atoms with van der Waals surface area (Å²) in [5.74, 6) is 1.00. The summed E-state index contributed by atoms with van der Waals surface area (Å²) in [7, 11) is 2.04. The van der Waals surface area contributed by atoms with Crippen molar-refractivity contribution < 1.29 is 4.79 Å². The van der Waals surface area contributed by atoms with Crippen molar-refractivity contribution in [1.82, 2.24) is 34.2 Å². The molecule has 0 aliphatic carbocycles. The summed E-state index contributed by atoms with van der Waals surface area (Å²) in [6, 6.07) is 2.14. The van der Waals surface area contributed by atoms with Gasteiger partial charge in [0.25, 0.3) is 0 Å². The van der Waals surface area contributed by atoms with Crippen LogP contribution in [-0.2, 0) is 11.3 Å². The standard InChI is InChI=1S/C20H28N8O/c1-4-26-14-23-18-19(21-13-22-20(18)26)25(3)16-7-5-9-27(12-16)17(29)11-15(2)28-10-6-8-24-28/h6,8,10,13-16H,4-5,7,9,11-12H2,1-3H3. The minimum Gasteiger partial charge on any atom is -0.353 e. The van der Waals surface area contributed by atoms with Gasteiger partial charge in [0.15, 0.2) is 17.0 Å². The molecule has 2 atom stereocenters. The van der Waals surface area contributed by atoms with Crippen molar-refractivity contribution in [3.63, 3.8) is 0 Å². The molecule has 1 fully saturated rings. The van der Waals surface area contributed by atoms with Crippen LogP contribution in [0, 0.1) is 0 Å². The molecule has 154 valence electrons. The van der Waals surface area contributed by atoms with E-state index in [0.29, 0.717) is 13.0 Å². The molecule has 9 heteroatoms. The number of hydrogen-bond acceptors (Lipinski definition) is 6. The third-order valence-electron chi connectivity index (χ3n) is 5.80. The van der Waals surface area contributed by atoms with Crippen LogP contribution in [0.15, 0.2) is 31.1 Å². The van der Waals surface area contributed by atoms with Crippen molar-refractivity contribution in [2.45, 2.75) is 51.7 Å². The monoisotopic (exact) mass is 396 g/mol. The lowest BCUT2D eigenvalue weighted by Crippen LogP contribution is -2.49. The number of carbonyl (C=O) groups excluding carboxylic acids is 1. The first-order valence-electron chi connectivity index (χ1n) is 10.2. The van der Waals surface area contributed by atoms with E-state index in [0.717, 1.165) is 42.9 Å². The van der Waals surface area contributed by atoms with E-state index in [2.05, 4.69) is 31.9 Å². The molecular formula is C20H28N8O. The first-order chi connectivity index (χ1) is 14.1. The first-order valence-corrected chi connectivity index (χ1v) is 10.2. The van der Waals surface area contributed by atoms with E-state index in [4.69, 9.17) is 0 Å². The van der Waals surface area contributed by atoms with E-state index in [-0.39, 0.29) is 18.0 Å². The molecule has 0 N–H and O–H groups in total. The van der Waals surface area contributed by atoms with Crippen molar-refractivity contribution in [2.24, 2.45) is 0 Å². The Balaban J connectivity index is 1.47. The quantitative estimate of drug-likeness (QED) is 0.634. The molecule has 1 saturated heterocycles. The molecule has 0 spiro atoms. The van der Waals surface area contributed by atoms with Gasteiger partial charge in [0.1, 0.15) is 6.33 Å². The van der Waals surface area contributed by atoms with Crippen LogP contribution in [0.1, 0.15) is 39.2 Å². The Hall–Kier alpha value is -2.97. The Morgan fingerprint density at radius 2 is 2.21 bits per heavy atom. The molecule has 3 aromatic heterocycles. The number of anilines is 1. The van der Waals surface area contributed by atoms with Gasteiger partial charge in [-0.2, -0.15) is 5.10 Å². The number of aromatic nitrogens is 6. The largest absolute Gasteiger partial charge is 0.353 e. The van der Waals surface area contributed by atoms with Gasteiger partial charge in [-0.1, -0.05) is 0 Å². The Bertz CT molecular complexity index is 966. The van der Waals surface area contributed by atoms with Gasteiger partial charge in [0.05, 0.1) is 12.4 Å². The molecule has 2 unspecified atom stereocenters. The number of carbonyl (C=O) groups is 1. The number of rotatable bonds is 6. The number of piperidine rings is 1. The molecule has 1 amide bonds. The number of nitrogens with zero attached hydrogens (tertiary/aromatic N) is 8. The molecule has 0 saturated carbocycles. The Kier molecular flexibility index (Phi) is 5.46. The molecular weight excluding hydrogens is 368 g/mol. The Morgan fingerprint density at radius 1 is 1.34 bits per heavy atom. The van der Waals surface area contributed by atoms with Crippen molar-refractivity contribution in [3.05, 3.63) is 31.1 Å². The van der Waals surface area contributed by atoms with Crippen LogP contribution in [0.5, 0.6) is 0 Å². The zero-order valence-electron chi connectivity index (χ0n) is 17.3. The van der Waals surface area contributed by atoms with Gasteiger partial charge in [0.2, 0.25) is 5.91 Å². The molecule has 0 aromatic carbocycles. The summed E-state index contributed by atoms with van der Waals surface area (Å²) < 4.78 is 3.86. The molecule has 1 aliphatic heterocycles. The van der Waals surface area contributed by atoms with E-state index < -0.39 is 0 Å². The number of amides is 1. The lowest BCUT2D eigenvalue weighted by Gasteiger charge is -2.38. The number of aryl methyl sites for hydroxylation is 1. The van der Waals surface area contributed by atoms with E-state index in [1.165, 1.54) is 0 Å². The average Bonchev–Trinajstić information content (AvgIpc) is 3.43. The fraction of sp³-hybridized carbons (Fsp3) is 0.550. The highest BCUT2D eigenvalue weighted by molar-refractivity contribution is 5.83. The highest BCUT2D eigenvalue weighted by Gasteiger charge is 2.29. The molecule has 0 radical (unpaired) electrons. The fourth-order valence-electron chi connectivity index (χ4n) is 4.04. The van der Waals surface area contributed by atoms with Gasteiger partial charge < -0.3 is 14.4 Å². The third-order valence-corrected chi connectivity index (χ3v) is 5.80. The minimum atomic E-state index is 0.0510. The van der Waals surface area contributed by atoms with Crippen LogP contribution in [0.2, 0.25) is 0 Å². The predicted molar refractivity (Wildman–Crippen MR) is 111 cm³/mol. The van der Waals surface area contributed by atoms with Gasteiger partial charge in [0, 0.05) is 51.5 Å². The van der Waals surface area contributed by atoms with Gasteiger partial charge in [-0.3, -0.25) is 9.48 Å². The first kappa shape index (κ1) is 19.4. The summed E-state index contributed by atoms with van der Waals surface area (Å²) in [5, 5.41) is 4.25. The van der Waals surface area contributed by atoms with Crippen LogP contribution >= 0.6 is 0 Å². The molecule has 1 aliphatic rings. The van der Waals surface area contributed by atoms with E-state index in [9.17, 15) is 4.79 Å². The van der Waals surface area contributed by atoms with E-state index in [1.54, 1.807) is 12.5 Å². The van der Waals surface area contributed by atoms with Crippen LogP contribution in [-0.4, -0.2) is 66.3 Å². The second-order valence-corrected chi connectivity index (χ2v) is 7.69. The third kappa shape index (κ3) is 3.81. The normalized spacial score (nSPS) is 18.2. The van der Waals surface area contributed by atoms with Crippen molar-refractivity contribution in [1.29, 1.82) is 0 Å². The number of imidazole rings is 1. The van der Waals surface area contributed by atoms with Crippen LogP contribution in [0.3, 0.4) is 0 Å². The maximum Gasteiger partial charge on any atom is 0.224 e. The number of likely N-dealkylation sites (N-methyl/N-ethyl adjacent to an activating group) is 1. The van der Waals surface area contributed by atoms with Gasteiger partial charge in [-0.05, 0) is 32.8 Å². The summed E-state index contributed by atoms with van der Waals surface area (Å²) >= 11 is 0. The molecule has 4 heterocycles. The van der Waals surface area contributed by atoms with Crippen molar-refractivity contribution >= 4 is 22.9 Å². The van der Waals surface area contributed by atoms with Gasteiger partial charge in [-0.15, -0.1) is 0 Å². The second kappa shape index (κ2) is 8.18. The Morgan fingerprint density at radius 3 is 2.97 bits per heavy atom. The topological polar surface area (TPSA) is 85.0 Å². The fourth-order valence-corrected chi connectivity index (χ4v) is 4.04. The van der Waals surface area contributed by atoms with Crippen molar-refractivity contribution in [3.8, 4) is 0 Å². The summed E-state index contributed by atoms with van der Waals surface area (Å²) in [6.07, 6.45) is 9.51. The summed E-state index contributed by atoms with van der Waals surface area (Å²) in [6.45, 7) is 6.41. The second-order valence-electron chi connectivity index (χ2n) is 7.69. The van der Waals surface area contributed by atoms with Gasteiger partial charge in [-0.25, -0.2) is 15.0 Å². The summed E-state index contributed by atoms with van der Waals surface area (Å²) in [5.41, 5.74) is 1.66. The SMILES string of the molecule is CCn1cnc2c(N(C)C3CCCN(C(=O)CC(C)n4cccn4)C3)ncnc21. The van der Waals surface area contributed by atoms with Gasteiger partial charge >= 0.3 is 0 Å². The van der Waals surface area contributed by atoms with Crippen LogP contribution < -0.4 is 4.90 Å². The molecule has 9 nitrogen and oxygen atoms in total. The molecule has 3 aromatic rings. The van der Waals surface area contributed by atoms with Crippen LogP contribution in [0.4, 0.5) is 5.82 Å². The number of hydrogen-bond donors (Lipinski definition) is 0. The van der Waals surface area contributed by atoms with E-state index >= 15 is 0 Å². The molecule has 4 rings (SSSR count). The van der Waals surface area contributed by atoms with Crippen molar-refractivity contribution in [2.75, 3.05) is 25.0 Å². The van der Waals surface area contributed by atoms with E-state index in [1.807, 2.05) is 46.7 Å². The van der Waals surface area contributed by atoms with Crippen LogP contribution in [0.25, 0.3) is 11.2 Å². The number of likely N-dealkylation sites (tertiary alicyclic amines) is 1. The zero-order valence-corrected chi connectivity index (χ0v) is 17.3. The smallest absolute Gasteiger partial charge is 0.224 e. The average molecular weight is 396 g/mol. The minimum absolute atomic E-state index is 0.0510. The Labute approximate surface area is 170 Å². The maximum absolute atomic E-state index is 12.9. The predicted octanol–water partition coefficient (Wildman–Crippen LogP) is 2.12. The molecule has 0 bridgehead atoms. The molecule has 29 heavy (non-hydrogen) atoms. The zero-order chi connectivity index (χ0) is 20.4. The summed E-state index contributed by atoms with van der Waals surface area (Å²) in [4.78, 5) is 30.5. The lowest BCUT2D eigenvalue weighted by molar-refractivity contribution is -0.133. The maximum atomic E-state index is 12.9.